The molecule has 5 heteroatoms. The van der Waals surface area contributed by atoms with Crippen molar-refractivity contribution in [1.82, 2.24) is 5.32 Å². The molecule has 0 amide bonds. The zero-order chi connectivity index (χ0) is 12.4. The van der Waals surface area contributed by atoms with Crippen molar-refractivity contribution in [2.24, 2.45) is 0 Å². The van der Waals surface area contributed by atoms with Crippen LogP contribution in [-0.2, 0) is 0 Å². The largest absolute Gasteiger partial charge is 0.309 e. The van der Waals surface area contributed by atoms with Crippen LogP contribution in [0.25, 0.3) is 0 Å². The van der Waals surface area contributed by atoms with Crippen molar-refractivity contribution in [3.63, 3.8) is 0 Å². The van der Waals surface area contributed by atoms with E-state index in [1.807, 2.05) is 30.6 Å². The van der Waals surface area contributed by atoms with Gasteiger partial charge in [-0.3, -0.25) is 0 Å². The molecule has 17 heavy (non-hydrogen) atoms. The summed E-state index contributed by atoms with van der Waals surface area (Å²) in [6.07, 6.45) is 0. The topological polar surface area (TPSA) is 12.0 Å². The first-order valence-corrected chi connectivity index (χ1v) is 6.99. The molecule has 1 heterocycles. The summed E-state index contributed by atoms with van der Waals surface area (Å²) in [5.41, 5.74) is 1.01. The summed E-state index contributed by atoms with van der Waals surface area (Å²) in [4.78, 5) is 1.06. The third-order valence-corrected chi connectivity index (χ3v) is 4.27. The monoisotopic (exact) mass is 305 g/mol. The average molecular weight is 307 g/mol. The molecular weight excluding hydrogens is 297 g/mol. The van der Waals surface area contributed by atoms with Crippen LogP contribution in [0, 0.1) is 0 Å². The van der Waals surface area contributed by atoms with Crippen molar-refractivity contribution in [3.8, 4) is 0 Å². The highest BCUT2D eigenvalue weighted by molar-refractivity contribution is 7.10. The Kier molecular flexibility index (Phi) is 4.34. The first-order valence-electron chi connectivity index (χ1n) is 4.98. The van der Waals surface area contributed by atoms with Crippen LogP contribution in [0.4, 0.5) is 0 Å². The molecule has 0 aliphatic rings. The lowest BCUT2D eigenvalue weighted by Gasteiger charge is -2.16. The number of halogens is 3. The SMILES string of the molecule is CNC(c1cc(Cl)cc(Cl)c1)c1sccc1Cl. The van der Waals surface area contributed by atoms with Gasteiger partial charge in [-0.2, -0.15) is 0 Å². The maximum absolute atomic E-state index is 6.15. The lowest BCUT2D eigenvalue weighted by molar-refractivity contribution is 0.704. The molecule has 0 aliphatic heterocycles. The minimum atomic E-state index is 0.0127. The van der Waals surface area contributed by atoms with E-state index in [2.05, 4.69) is 5.32 Å². The van der Waals surface area contributed by atoms with Crippen LogP contribution in [0.3, 0.4) is 0 Å². The van der Waals surface area contributed by atoms with E-state index in [1.165, 1.54) is 0 Å². The third kappa shape index (κ3) is 2.95. The molecule has 1 N–H and O–H groups in total. The molecule has 0 aliphatic carbocycles. The lowest BCUT2D eigenvalue weighted by atomic mass is 10.1. The summed E-state index contributed by atoms with van der Waals surface area (Å²) in [5, 5.41) is 7.20. The zero-order valence-electron chi connectivity index (χ0n) is 9.01. The van der Waals surface area contributed by atoms with Crippen molar-refractivity contribution >= 4 is 46.1 Å². The molecule has 0 saturated carbocycles. The van der Waals surface area contributed by atoms with Crippen molar-refractivity contribution in [2.75, 3.05) is 7.05 Å². The van der Waals surface area contributed by atoms with E-state index in [4.69, 9.17) is 34.8 Å². The highest BCUT2D eigenvalue weighted by atomic mass is 35.5. The van der Waals surface area contributed by atoms with Gasteiger partial charge in [0, 0.05) is 14.9 Å². The molecule has 1 unspecified atom stereocenters. The van der Waals surface area contributed by atoms with E-state index in [9.17, 15) is 0 Å². The van der Waals surface area contributed by atoms with Gasteiger partial charge in [-0.1, -0.05) is 34.8 Å². The predicted octanol–water partition coefficient (Wildman–Crippen LogP) is 5.02. The molecule has 90 valence electrons. The molecule has 1 aromatic carbocycles. The van der Waals surface area contributed by atoms with Crippen LogP contribution in [0.15, 0.2) is 29.6 Å². The van der Waals surface area contributed by atoms with Crippen molar-refractivity contribution in [2.45, 2.75) is 6.04 Å². The third-order valence-electron chi connectivity index (χ3n) is 2.41. The van der Waals surface area contributed by atoms with Crippen LogP contribution in [0.5, 0.6) is 0 Å². The predicted molar refractivity (Wildman–Crippen MR) is 76.7 cm³/mol. The molecular formula is C12H10Cl3NS. The van der Waals surface area contributed by atoms with Gasteiger partial charge in [0.15, 0.2) is 0 Å². The molecule has 2 aromatic rings. The van der Waals surface area contributed by atoms with E-state index < -0.39 is 0 Å². The summed E-state index contributed by atoms with van der Waals surface area (Å²) >= 11 is 19.8. The first-order chi connectivity index (χ1) is 8.11. The Labute approximate surface area is 119 Å². The van der Waals surface area contributed by atoms with Crippen LogP contribution < -0.4 is 5.32 Å². The standard InChI is InChI=1S/C12H10Cl3NS/c1-16-11(12-10(15)2-3-17-12)7-4-8(13)6-9(14)5-7/h2-6,11,16H,1H3. The van der Waals surface area contributed by atoms with Gasteiger partial charge < -0.3 is 5.32 Å². The lowest BCUT2D eigenvalue weighted by Crippen LogP contribution is -2.16. The molecule has 0 spiro atoms. The highest BCUT2D eigenvalue weighted by Gasteiger charge is 2.17. The van der Waals surface area contributed by atoms with E-state index in [0.29, 0.717) is 10.0 Å². The van der Waals surface area contributed by atoms with Gasteiger partial charge in [0.25, 0.3) is 0 Å². The summed E-state index contributed by atoms with van der Waals surface area (Å²) in [7, 11) is 1.88. The average Bonchev–Trinajstić information content (AvgIpc) is 2.65. The molecule has 0 radical (unpaired) electrons. The van der Waals surface area contributed by atoms with Crippen molar-refractivity contribution < 1.29 is 0 Å². The van der Waals surface area contributed by atoms with Crippen LogP contribution in [-0.4, -0.2) is 7.05 Å². The van der Waals surface area contributed by atoms with Crippen molar-refractivity contribution in [1.29, 1.82) is 0 Å². The minimum absolute atomic E-state index is 0.0127. The Morgan fingerprint density at radius 2 is 1.76 bits per heavy atom. The second-order valence-corrected chi connectivity index (χ2v) is 5.79. The van der Waals surface area contributed by atoms with E-state index in [-0.39, 0.29) is 6.04 Å². The number of rotatable bonds is 3. The number of thiophene rings is 1. The summed E-state index contributed by atoms with van der Waals surface area (Å²) in [6.45, 7) is 0. The summed E-state index contributed by atoms with van der Waals surface area (Å²) in [6, 6.07) is 7.40. The van der Waals surface area contributed by atoms with Gasteiger partial charge >= 0.3 is 0 Å². The highest BCUT2D eigenvalue weighted by Crippen LogP contribution is 2.34. The number of hydrogen-bond acceptors (Lipinski definition) is 2. The number of benzene rings is 1. The Bertz CT molecular complexity index is 504. The fourth-order valence-corrected chi connectivity index (χ4v) is 3.55. The van der Waals surface area contributed by atoms with Gasteiger partial charge in [-0.25, -0.2) is 0 Å². The molecule has 2 rings (SSSR count). The molecule has 0 bridgehead atoms. The molecule has 0 fully saturated rings. The van der Waals surface area contributed by atoms with E-state index in [0.717, 1.165) is 15.5 Å². The second-order valence-electron chi connectivity index (χ2n) is 3.56. The second kappa shape index (κ2) is 5.59. The van der Waals surface area contributed by atoms with Crippen molar-refractivity contribution in [3.05, 3.63) is 55.2 Å². The maximum atomic E-state index is 6.15. The normalized spacial score (nSPS) is 12.7. The Morgan fingerprint density at radius 1 is 1.12 bits per heavy atom. The van der Waals surface area contributed by atoms with Gasteiger partial charge in [0.2, 0.25) is 0 Å². The summed E-state index contributed by atoms with van der Waals surface area (Å²) in [5.74, 6) is 0. The number of nitrogens with one attached hydrogen (secondary N) is 1. The fourth-order valence-electron chi connectivity index (χ4n) is 1.70. The molecule has 1 nitrogen and oxygen atoms in total. The van der Waals surface area contributed by atoms with Crippen LogP contribution >= 0.6 is 46.1 Å². The molecule has 1 aromatic heterocycles. The summed E-state index contributed by atoms with van der Waals surface area (Å²) < 4.78 is 0. The quantitative estimate of drug-likeness (QED) is 0.840. The van der Waals surface area contributed by atoms with Crippen LogP contribution in [0.1, 0.15) is 16.5 Å². The Balaban J connectivity index is 2.45. The Hall–Kier alpha value is -0.250. The van der Waals surface area contributed by atoms with E-state index in [1.54, 1.807) is 17.4 Å². The van der Waals surface area contributed by atoms with Crippen LogP contribution in [0.2, 0.25) is 15.1 Å². The fraction of sp³-hybridized carbons (Fsp3) is 0.167. The van der Waals surface area contributed by atoms with E-state index >= 15 is 0 Å². The Morgan fingerprint density at radius 3 is 2.24 bits per heavy atom. The van der Waals surface area contributed by atoms with Gasteiger partial charge in [-0.15, -0.1) is 11.3 Å². The first kappa shape index (κ1) is 13.2. The zero-order valence-corrected chi connectivity index (χ0v) is 12.1. The molecule has 0 saturated heterocycles. The van der Waals surface area contributed by atoms with Gasteiger partial charge in [-0.05, 0) is 42.3 Å². The number of hydrogen-bond donors (Lipinski definition) is 1. The minimum Gasteiger partial charge on any atom is -0.309 e. The molecule has 1 atom stereocenters. The maximum Gasteiger partial charge on any atom is 0.0684 e. The smallest absolute Gasteiger partial charge is 0.0684 e. The van der Waals surface area contributed by atoms with Gasteiger partial charge in [0.1, 0.15) is 0 Å². The van der Waals surface area contributed by atoms with Gasteiger partial charge in [0.05, 0.1) is 11.1 Å².